The summed E-state index contributed by atoms with van der Waals surface area (Å²) in [6.07, 6.45) is 1.94. The summed E-state index contributed by atoms with van der Waals surface area (Å²) < 4.78 is 31.8. The maximum Gasteiger partial charge on any atom is 0.322 e. The first-order chi connectivity index (χ1) is 11.6. The highest BCUT2D eigenvalue weighted by Gasteiger charge is 2.16. The minimum Gasteiger partial charge on any atom is -0.403 e. The molecule has 0 fully saturated rings. The summed E-state index contributed by atoms with van der Waals surface area (Å²) in [5.41, 5.74) is 0.378. The van der Waals surface area contributed by atoms with E-state index in [1.165, 1.54) is 0 Å². The van der Waals surface area contributed by atoms with E-state index in [0.717, 1.165) is 17.0 Å². The standard InChI is InChI=1S/C16H11F2N3O2S/c1-24-11-4-2-3-9(7-11)15-20-21-16(23-15)19-14(22)12-6-5-10(17)8-13(12)18/h2-8H,1H3,(H,19,21,22). The molecule has 0 unspecified atom stereocenters. The van der Waals surface area contributed by atoms with E-state index in [1.807, 2.05) is 24.5 Å². The van der Waals surface area contributed by atoms with Crippen LogP contribution in [0.2, 0.25) is 0 Å². The first kappa shape index (κ1) is 16.1. The van der Waals surface area contributed by atoms with Gasteiger partial charge in [0.05, 0.1) is 5.56 Å². The van der Waals surface area contributed by atoms with Crippen molar-refractivity contribution in [3.8, 4) is 11.5 Å². The van der Waals surface area contributed by atoms with Crippen molar-refractivity contribution in [2.45, 2.75) is 4.90 Å². The molecular weight excluding hydrogens is 336 g/mol. The summed E-state index contributed by atoms with van der Waals surface area (Å²) in [6.45, 7) is 0. The summed E-state index contributed by atoms with van der Waals surface area (Å²) in [7, 11) is 0. The SMILES string of the molecule is CSc1cccc(-c2nnc(NC(=O)c3ccc(F)cc3F)o2)c1. The lowest BCUT2D eigenvalue weighted by Gasteiger charge is -2.02. The van der Waals surface area contributed by atoms with Crippen molar-refractivity contribution >= 4 is 23.7 Å². The molecule has 1 N–H and O–H groups in total. The number of carbonyl (C=O) groups is 1. The minimum atomic E-state index is -0.972. The molecule has 1 amide bonds. The average Bonchev–Trinajstić information content (AvgIpc) is 3.03. The Morgan fingerprint density at radius 3 is 2.75 bits per heavy atom. The van der Waals surface area contributed by atoms with E-state index in [-0.39, 0.29) is 17.5 Å². The summed E-state index contributed by atoms with van der Waals surface area (Å²) >= 11 is 1.56. The van der Waals surface area contributed by atoms with Crippen molar-refractivity contribution in [1.29, 1.82) is 0 Å². The number of halogens is 2. The number of amides is 1. The van der Waals surface area contributed by atoms with Crippen LogP contribution in [-0.2, 0) is 0 Å². The van der Waals surface area contributed by atoms with Crippen molar-refractivity contribution in [2.24, 2.45) is 0 Å². The Balaban J connectivity index is 1.79. The van der Waals surface area contributed by atoms with Gasteiger partial charge in [-0.2, -0.15) is 0 Å². The van der Waals surface area contributed by atoms with Crippen LogP contribution < -0.4 is 5.32 Å². The van der Waals surface area contributed by atoms with Gasteiger partial charge in [0.1, 0.15) is 11.6 Å². The molecule has 1 heterocycles. The molecule has 5 nitrogen and oxygen atoms in total. The Morgan fingerprint density at radius 1 is 1.17 bits per heavy atom. The molecule has 0 atom stereocenters. The first-order valence-corrected chi connectivity index (χ1v) is 8.03. The molecule has 0 aliphatic rings. The van der Waals surface area contributed by atoms with Gasteiger partial charge < -0.3 is 4.42 Å². The van der Waals surface area contributed by atoms with Crippen molar-refractivity contribution in [2.75, 3.05) is 11.6 Å². The molecular formula is C16H11F2N3O2S. The van der Waals surface area contributed by atoms with Gasteiger partial charge >= 0.3 is 6.01 Å². The molecule has 122 valence electrons. The summed E-state index contributed by atoms with van der Waals surface area (Å²) in [6, 6.07) is 9.92. The number of nitrogens with zero attached hydrogens (tertiary/aromatic N) is 2. The fourth-order valence-electron chi connectivity index (χ4n) is 1.98. The van der Waals surface area contributed by atoms with Gasteiger partial charge in [-0.25, -0.2) is 8.78 Å². The molecule has 0 saturated carbocycles. The lowest BCUT2D eigenvalue weighted by molar-refractivity contribution is 0.102. The highest BCUT2D eigenvalue weighted by molar-refractivity contribution is 7.98. The third kappa shape index (κ3) is 3.43. The molecule has 2 aromatic carbocycles. The van der Waals surface area contributed by atoms with Gasteiger partial charge in [-0.1, -0.05) is 11.2 Å². The van der Waals surface area contributed by atoms with Crippen LogP contribution in [0.25, 0.3) is 11.5 Å². The summed E-state index contributed by atoms with van der Waals surface area (Å²) in [5.74, 6) is -2.32. The highest BCUT2D eigenvalue weighted by atomic mass is 32.2. The third-order valence-electron chi connectivity index (χ3n) is 3.14. The van der Waals surface area contributed by atoms with Gasteiger partial charge in [-0.05, 0) is 36.6 Å². The maximum absolute atomic E-state index is 13.6. The largest absolute Gasteiger partial charge is 0.403 e. The first-order valence-electron chi connectivity index (χ1n) is 6.81. The molecule has 0 saturated heterocycles. The van der Waals surface area contributed by atoms with Gasteiger partial charge in [0.25, 0.3) is 5.91 Å². The van der Waals surface area contributed by atoms with Crippen molar-refractivity contribution in [3.05, 3.63) is 59.7 Å². The molecule has 1 aromatic heterocycles. The second-order valence-corrected chi connectivity index (χ2v) is 5.60. The number of nitrogens with one attached hydrogen (secondary N) is 1. The van der Waals surface area contributed by atoms with E-state index in [0.29, 0.717) is 11.6 Å². The zero-order valence-corrected chi connectivity index (χ0v) is 13.2. The third-order valence-corrected chi connectivity index (χ3v) is 3.86. The van der Waals surface area contributed by atoms with Gasteiger partial charge in [0, 0.05) is 16.5 Å². The lowest BCUT2D eigenvalue weighted by atomic mass is 10.2. The van der Waals surface area contributed by atoms with E-state index < -0.39 is 17.5 Å². The number of benzene rings is 2. The molecule has 0 spiro atoms. The van der Waals surface area contributed by atoms with Gasteiger partial charge in [-0.15, -0.1) is 16.9 Å². The summed E-state index contributed by atoms with van der Waals surface area (Å²) in [5, 5.41) is 9.85. The zero-order valence-electron chi connectivity index (χ0n) is 12.4. The van der Waals surface area contributed by atoms with Crippen LogP contribution in [0.3, 0.4) is 0 Å². The second kappa shape index (κ2) is 6.79. The number of hydrogen-bond acceptors (Lipinski definition) is 5. The van der Waals surface area contributed by atoms with E-state index in [2.05, 4.69) is 15.5 Å². The fourth-order valence-corrected chi connectivity index (χ4v) is 2.44. The average molecular weight is 347 g/mol. The number of thioether (sulfide) groups is 1. The minimum absolute atomic E-state index is 0.173. The van der Waals surface area contributed by atoms with Crippen molar-refractivity contribution < 1.29 is 18.0 Å². The fraction of sp³-hybridized carbons (Fsp3) is 0.0625. The Labute approximate surface area is 140 Å². The van der Waals surface area contributed by atoms with E-state index in [1.54, 1.807) is 17.8 Å². The summed E-state index contributed by atoms with van der Waals surface area (Å²) in [4.78, 5) is 13.0. The number of anilines is 1. The Morgan fingerprint density at radius 2 is 2.00 bits per heavy atom. The normalized spacial score (nSPS) is 10.6. The molecule has 8 heteroatoms. The molecule has 0 bridgehead atoms. The van der Waals surface area contributed by atoms with Crippen LogP contribution in [0.4, 0.5) is 14.8 Å². The molecule has 0 radical (unpaired) electrons. The number of aromatic nitrogens is 2. The topological polar surface area (TPSA) is 68.0 Å². The quantitative estimate of drug-likeness (QED) is 0.723. The zero-order chi connectivity index (χ0) is 17.1. The Hall–Kier alpha value is -2.74. The van der Waals surface area contributed by atoms with Crippen molar-refractivity contribution in [3.63, 3.8) is 0 Å². The Bertz CT molecular complexity index is 899. The van der Waals surface area contributed by atoms with Gasteiger partial charge in [0.15, 0.2) is 0 Å². The van der Waals surface area contributed by atoms with Crippen LogP contribution in [0.15, 0.2) is 51.8 Å². The lowest BCUT2D eigenvalue weighted by Crippen LogP contribution is -2.14. The molecule has 24 heavy (non-hydrogen) atoms. The van der Waals surface area contributed by atoms with Gasteiger partial charge in [-0.3, -0.25) is 10.1 Å². The van der Waals surface area contributed by atoms with Gasteiger partial charge in [0.2, 0.25) is 5.89 Å². The predicted octanol–water partition coefficient (Wildman–Crippen LogP) is 3.99. The highest BCUT2D eigenvalue weighted by Crippen LogP contribution is 2.24. The number of carbonyl (C=O) groups excluding carboxylic acids is 1. The number of rotatable bonds is 4. The van der Waals surface area contributed by atoms with Crippen LogP contribution in [0.5, 0.6) is 0 Å². The van der Waals surface area contributed by atoms with Crippen molar-refractivity contribution in [1.82, 2.24) is 10.2 Å². The van der Waals surface area contributed by atoms with Crippen LogP contribution in [0, 0.1) is 11.6 Å². The van der Waals surface area contributed by atoms with Crippen LogP contribution in [0.1, 0.15) is 10.4 Å². The van der Waals surface area contributed by atoms with Crippen LogP contribution in [-0.4, -0.2) is 22.4 Å². The molecule has 0 aliphatic heterocycles. The number of hydrogen-bond donors (Lipinski definition) is 1. The molecule has 3 aromatic rings. The molecule has 0 aliphatic carbocycles. The van der Waals surface area contributed by atoms with E-state index in [4.69, 9.17) is 4.42 Å². The van der Waals surface area contributed by atoms with E-state index in [9.17, 15) is 13.6 Å². The maximum atomic E-state index is 13.6. The second-order valence-electron chi connectivity index (χ2n) is 4.72. The monoisotopic (exact) mass is 347 g/mol. The Kier molecular flexibility index (Phi) is 4.57. The molecule has 3 rings (SSSR count). The van der Waals surface area contributed by atoms with E-state index >= 15 is 0 Å². The van der Waals surface area contributed by atoms with Crippen LogP contribution >= 0.6 is 11.8 Å². The predicted molar refractivity (Wildman–Crippen MR) is 85.8 cm³/mol. The smallest absolute Gasteiger partial charge is 0.322 e.